The number of anilines is 2. The molecular formula is C21H17ClF2N6S. The molecule has 0 aliphatic rings. The van der Waals surface area contributed by atoms with Crippen LogP contribution in [0.15, 0.2) is 67.0 Å². The van der Waals surface area contributed by atoms with Crippen LogP contribution >= 0.6 is 23.8 Å². The molecule has 0 radical (unpaired) electrons. The lowest BCUT2D eigenvalue weighted by Gasteiger charge is -2.07. The molecular weight excluding hydrogens is 442 g/mol. The Bertz CT molecular complexity index is 1180. The first kappa shape index (κ1) is 21.0. The Kier molecular flexibility index (Phi) is 6.24. The standard InChI is InChI=1S/C21H17ClF2N6S/c22-17-2-1-3-18(24)16(17)13-30-11-9-20(28-30)26-21(31)25-19-8-10-29(27-19)12-14-4-6-15(23)7-5-14/h1-11H,12-13H2,(H2,25,26,27,28,31). The van der Waals surface area contributed by atoms with Crippen LogP contribution < -0.4 is 10.6 Å². The van der Waals surface area contributed by atoms with Gasteiger partial charge in [-0.25, -0.2) is 8.78 Å². The van der Waals surface area contributed by atoms with E-state index in [0.29, 0.717) is 33.9 Å². The lowest BCUT2D eigenvalue weighted by atomic mass is 10.2. The van der Waals surface area contributed by atoms with Crippen LogP contribution in [0.2, 0.25) is 5.02 Å². The summed E-state index contributed by atoms with van der Waals surface area (Å²) in [4.78, 5) is 0. The van der Waals surface area contributed by atoms with Crippen LogP contribution in [0.4, 0.5) is 20.4 Å². The van der Waals surface area contributed by atoms with Gasteiger partial charge in [0.1, 0.15) is 11.6 Å². The molecule has 0 unspecified atom stereocenters. The van der Waals surface area contributed by atoms with Crippen molar-refractivity contribution in [3.63, 3.8) is 0 Å². The molecule has 2 aromatic heterocycles. The Morgan fingerprint density at radius 3 is 2.10 bits per heavy atom. The van der Waals surface area contributed by atoms with E-state index in [0.717, 1.165) is 5.56 Å². The molecule has 4 aromatic rings. The fourth-order valence-electron chi connectivity index (χ4n) is 2.92. The zero-order valence-corrected chi connectivity index (χ0v) is 17.7. The van der Waals surface area contributed by atoms with Gasteiger partial charge in [0.15, 0.2) is 16.7 Å². The number of aromatic nitrogens is 4. The predicted molar refractivity (Wildman–Crippen MR) is 120 cm³/mol. The van der Waals surface area contributed by atoms with Gasteiger partial charge in [-0.3, -0.25) is 9.36 Å². The average molecular weight is 459 g/mol. The summed E-state index contributed by atoms with van der Waals surface area (Å²) in [5, 5.41) is 15.3. The summed E-state index contributed by atoms with van der Waals surface area (Å²) < 4.78 is 30.2. The molecule has 31 heavy (non-hydrogen) atoms. The molecule has 158 valence electrons. The topological polar surface area (TPSA) is 59.7 Å². The molecule has 0 fully saturated rings. The van der Waals surface area contributed by atoms with E-state index >= 15 is 0 Å². The van der Waals surface area contributed by atoms with Gasteiger partial charge in [0.2, 0.25) is 0 Å². The summed E-state index contributed by atoms with van der Waals surface area (Å²) >= 11 is 11.4. The third-order valence-corrected chi connectivity index (χ3v) is 4.96. The lowest BCUT2D eigenvalue weighted by molar-refractivity contribution is 0.586. The van der Waals surface area contributed by atoms with Crippen molar-refractivity contribution in [2.75, 3.05) is 10.6 Å². The van der Waals surface area contributed by atoms with Gasteiger partial charge < -0.3 is 10.6 Å². The normalized spacial score (nSPS) is 10.8. The number of thiocarbonyl (C=S) groups is 1. The fourth-order valence-corrected chi connectivity index (χ4v) is 3.35. The van der Waals surface area contributed by atoms with Crippen LogP contribution in [0.25, 0.3) is 0 Å². The van der Waals surface area contributed by atoms with Gasteiger partial charge in [0.25, 0.3) is 0 Å². The van der Waals surface area contributed by atoms with Gasteiger partial charge in [-0.15, -0.1) is 0 Å². The van der Waals surface area contributed by atoms with Crippen LogP contribution in [0, 0.1) is 11.6 Å². The van der Waals surface area contributed by atoms with Crippen LogP contribution in [0.3, 0.4) is 0 Å². The Morgan fingerprint density at radius 1 is 0.871 bits per heavy atom. The quantitative estimate of drug-likeness (QED) is 0.402. The van der Waals surface area contributed by atoms with Crippen molar-refractivity contribution in [2.24, 2.45) is 0 Å². The third kappa shape index (κ3) is 5.44. The highest BCUT2D eigenvalue weighted by Crippen LogP contribution is 2.20. The van der Waals surface area contributed by atoms with E-state index in [1.165, 1.54) is 18.2 Å². The summed E-state index contributed by atoms with van der Waals surface area (Å²) in [7, 11) is 0. The van der Waals surface area contributed by atoms with E-state index < -0.39 is 0 Å². The van der Waals surface area contributed by atoms with E-state index in [1.807, 2.05) is 0 Å². The van der Waals surface area contributed by atoms with Gasteiger partial charge in [0, 0.05) is 35.1 Å². The van der Waals surface area contributed by atoms with E-state index in [-0.39, 0.29) is 18.2 Å². The maximum Gasteiger partial charge on any atom is 0.177 e. The molecule has 0 saturated carbocycles. The van der Waals surface area contributed by atoms with Gasteiger partial charge >= 0.3 is 0 Å². The second kappa shape index (κ2) is 9.23. The third-order valence-electron chi connectivity index (χ3n) is 4.40. The molecule has 10 heteroatoms. The van der Waals surface area contributed by atoms with Crippen molar-refractivity contribution in [1.29, 1.82) is 0 Å². The lowest BCUT2D eigenvalue weighted by Crippen LogP contribution is -2.20. The van der Waals surface area contributed by atoms with E-state index in [4.69, 9.17) is 23.8 Å². The molecule has 2 aromatic carbocycles. The number of hydrogen-bond acceptors (Lipinski definition) is 3. The van der Waals surface area contributed by atoms with Gasteiger partial charge in [-0.1, -0.05) is 29.8 Å². The van der Waals surface area contributed by atoms with Gasteiger partial charge in [0.05, 0.1) is 13.1 Å². The number of nitrogens with one attached hydrogen (secondary N) is 2. The summed E-state index contributed by atoms with van der Waals surface area (Å²) in [6, 6.07) is 14.3. The predicted octanol–water partition coefficient (Wildman–Crippen LogP) is 4.92. The Labute approximate surface area is 187 Å². The Morgan fingerprint density at radius 2 is 1.48 bits per heavy atom. The summed E-state index contributed by atoms with van der Waals surface area (Å²) in [6.07, 6.45) is 3.49. The molecule has 2 heterocycles. The minimum Gasteiger partial charge on any atom is -0.316 e. The van der Waals surface area contributed by atoms with Crippen LogP contribution in [0.1, 0.15) is 11.1 Å². The SMILES string of the molecule is Fc1ccc(Cn2ccc(NC(=S)Nc3ccn(Cc4c(F)cccc4Cl)n3)n2)cc1. The molecule has 0 aliphatic carbocycles. The van der Waals surface area contributed by atoms with Crippen molar-refractivity contribution in [3.8, 4) is 0 Å². The fraction of sp³-hybridized carbons (Fsp3) is 0.0952. The summed E-state index contributed by atoms with van der Waals surface area (Å²) in [5.74, 6) is 0.390. The minimum atomic E-state index is -0.383. The Balaban J connectivity index is 1.33. The van der Waals surface area contributed by atoms with E-state index in [1.54, 1.807) is 58.2 Å². The van der Waals surface area contributed by atoms with Gasteiger partial charge in [-0.05, 0) is 42.0 Å². The summed E-state index contributed by atoms with van der Waals surface area (Å²) in [5.41, 5.74) is 1.29. The molecule has 4 rings (SSSR count). The van der Waals surface area contributed by atoms with Crippen molar-refractivity contribution in [2.45, 2.75) is 13.1 Å². The maximum absolute atomic E-state index is 14.0. The molecule has 0 amide bonds. The smallest absolute Gasteiger partial charge is 0.177 e. The number of nitrogens with zero attached hydrogens (tertiary/aromatic N) is 4. The maximum atomic E-state index is 14.0. The van der Waals surface area contributed by atoms with Crippen LogP contribution in [-0.4, -0.2) is 24.7 Å². The molecule has 2 N–H and O–H groups in total. The van der Waals surface area contributed by atoms with Gasteiger partial charge in [-0.2, -0.15) is 10.2 Å². The molecule has 0 spiro atoms. The molecule has 0 atom stereocenters. The zero-order chi connectivity index (χ0) is 21.8. The number of benzene rings is 2. The minimum absolute atomic E-state index is 0.196. The number of halogens is 3. The molecule has 6 nitrogen and oxygen atoms in total. The molecule has 0 aliphatic heterocycles. The summed E-state index contributed by atoms with van der Waals surface area (Å²) in [6.45, 7) is 0.701. The first-order chi connectivity index (χ1) is 15.0. The highest BCUT2D eigenvalue weighted by atomic mass is 35.5. The largest absolute Gasteiger partial charge is 0.316 e. The molecule has 0 saturated heterocycles. The number of hydrogen-bond donors (Lipinski definition) is 2. The average Bonchev–Trinajstić information content (AvgIpc) is 3.36. The highest BCUT2D eigenvalue weighted by Gasteiger charge is 2.10. The van der Waals surface area contributed by atoms with Crippen molar-refractivity contribution in [3.05, 3.63) is 94.8 Å². The van der Waals surface area contributed by atoms with Crippen LogP contribution in [-0.2, 0) is 13.1 Å². The van der Waals surface area contributed by atoms with E-state index in [2.05, 4.69) is 20.8 Å². The van der Waals surface area contributed by atoms with Crippen molar-refractivity contribution in [1.82, 2.24) is 19.6 Å². The molecule has 0 bridgehead atoms. The first-order valence-electron chi connectivity index (χ1n) is 9.28. The first-order valence-corrected chi connectivity index (χ1v) is 10.1. The monoisotopic (exact) mass is 458 g/mol. The van der Waals surface area contributed by atoms with Crippen molar-refractivity contribution >= 4 is 40.6 Å². The zero-order valence-electron chi connectivity index (χ0n) is 16.1. The Hall–Kier alpha value is -3.30. The van der Waals surface area contributed by atoms with Crippen LogP contribution in [0.5, 0.6) is 0 Å². The second-order valence-electron chi connectivity index (χ2n) is 6.70. The highest BCUT2D eigenvalue weighted by molar-refractivity contribution is 7.80. The second-order valence-corrected chi connectivity index (χ2v) is 7.52. The number of rotatable bonds is 6. The van der Waals surface area contributed by atoms with E-state index in [9.17, 15) is 8.78 Å². The van der Waals surface area contributed by atoms with Crippen molar-refractivity contribution < 1.29 is 8.78 Å².